The van der Waals surface area contributed by atoms with E-state index in [0.29, 0.717) is 19.3 Å². The lowest BCUT2D eigenvalue weighted by Gasteiger charge is -2.58. The summed E-state index contributed by atoms with van der Waals surface area (Å²) in [6.45, 7) is -0.597. The maximum Gasteiger partial charge on any atom is 0.263 e. The van der Waals surface area contributed by atoms with E-state index in [2.05, 4.69) is 0 Å². The zero-order chi connectivity index (χ0) is 31.9. The Balaban J connectivity index is 1.26. The highest BCUT2D eigenvalue weighted by Crippen LogP contribution is 2.59. The Morgan fingerprint density at radius 2 is 1.27 bits per heavy atom. The fraction of sp³-hybridized carbons (Fsp3) is 0.400. The van der Waals surface area contributed by atoms with Gasteiger partial charge in [-0.05, 0) is 33.0 Å². The highest BCUT2D eigenvalue weighted by atomic mass is 33.1. The number of aliphatic hydroxyl groups excluding tert-OH is 2. The van der Waals surface area contributed by atoms with Crippen LogP contribution in [0.3, 0.4) is 0 Å². The van der Waals surface area contributed by atoms with Crippen molar-refractivity contribution < 1.29 is 29.4 Å². The molecular weight excluding hydrogens is 641 g/mol. The Morgan fingerprint density at radius 3 is 1.80 bits per heavy atom. The molecule has 14 heteroatoms. The molecule has 6 rings (SSSR count). The summed E-state index contributed by atoms with van der Waals surface area (Å²) in [6, 6.07) is 15.6. The Morgan fingerprint density at radius 1 is 0.773 bits per heavy atom. The Kier molecular flexibility index (Phi) is 9.41. The topological polar surface area (TPSA) is 122 Å². The minimum atomic E-state index is -1.27. The Bertz CT molecular complexity index is 1420. The van der Waals surface area contributed by atoms with Crippen molar-refractivity contribution >= 4 is 79.5 Å². The van der Waals surface area contributed by atoms with E-state index >= 15 is 0 Å². The van der Waals surface area contributed by atoms with Crippen LogP contribution in [0.15, 0.2) is 48.5 Å². The van der Waals surface area contributed by atoms with Gasteiger partial charge in [0, 0.05) is 41.0 Å². The van der Waals surface area contributed by atoms with E-state index in [1.807, 2.05) is 60.7 Å². The van der Waals surface area contributed by atoms with Crippen LogP contribution < -0.4 is 0 Å². The average molecular weight is 675 g/mol. The second-order valence-corrected chi connectivity index (χ2v) is 16.4. The molecule has 0 unspecified atom stereocenters. The summed E-state index contributed by atoms with van der Waals surface area (Å²) in [5, 5.41) is 19.2. The summed E-state index contributed by atoms with van der Waals surface area (Å²) in [6.07, 6.45) is 5.30. The second kappa shape index (κ2) is 12.6. The molecule has 10 nitrogen and oxygen atoms in total. The van der Waals surface area contributed by atoms with Crippen molar-refractivity contribution in [1.82, 2.24) is 19.6 Å². The number of fused-ring (bicyclic) bond motifs is 3. The lowest BCUT2D eigenvalue weighted by atomic mass is 9.97. The highest BCUT2D eigenvalue weighted by molar-refractivity contribution is 8.78. The molecule has 234 valence electrons. The molecule has 4 aliphatic rings. The number of benzene rings is 2. The first kappa shape index (κ1) is 32.8. The first-order valence-electron chi connectivity index (χ1n) is 13.8. The second-order valence-electron chi connectivity index (χ2n) is 11.0. The predicted octanol–water partition coefficient (Wildman–Crippen LogP) is 2.61. The number of aliphatic hydroxyl groups is 2. The van der Waals surface area contributed by atoms with Gasteiger partial charge in [0.05, 0.1) is 13.2 Å². The van der Waals surface area contributed by atoms with Crippen LogP contribution in [0.4, 0.5) is 0 Å². The number of rotatable bonds is 10. The van der Waals surface area contributed by atoms with E-state index in [1.165, 1.54) is 62.8 Å². The number of amides is 4. The summed E-state index contributed by atoms with van der Waals surface area (Å²) in [5.41, 5.74) is 3.74. The number of carbonyl (C=O) groups excluding carboxylic acids is 4. The van der Waals surface area contributed by atoms with Crippen molar-refractivity contribution in [3.05, 3.63) is 70.8 Å². The first-order valence-corrected chi connectivity index (χ1v) is 18.2. The largest absolute Gasteiger partial charge is 0.393 e. The molecule has 2 aromatic carbocycles. The van der Waals surface area contributed by atoms with Gasteiger partial charge >= 0.3 is 0 Å². The maximum absolute atomic E-state index is 13.3. The van der Waals surface area contributed by atoms with E-state index in [0.717, 1.165) is 22.3 Å². The van der Waals surface area contributed by atoms with Gasteiger partial charge in [-0.25, -0.2) is 0 Å². The molecule has 0 aliphatic carbocycles. The van der Waals surface area contributed by atoms with Crippen LogP contribution in [0.1, 0.15) is 22.3 Å². The maximum atomic E-state index is 13.3. The van der Waals surface area contributed by atoms with Gasteiger partial charge in [0.2, 0.25) is 11.3 Å². The monoisotopic (exact) mass is 674 g/mol. The van der Waals surface area contributed by atoms with Crippen LogP contribution in [-0.4, -0.2) is 115 Å². The van der Waals surface area contributed by atoms with Crippen molar-refractivity contribution in [2.75, 3.05) is 41.4 Å². The molecule has 44 heavy (non-hydrogen) atoms. The fourth-order valence-electron chi connectivity index (χ4n) is 5.44. The molecule has 2 N–H and O–H groups in total. The molecule has 2 bridgehead atoms. The molecular formula is C30H34N4O6S4. The molecule has 2 aromatic rings. The third kappa shape index (κ3) is 5.32. The van der Waals surface area contributed by atoms with Crippen LogP contribution in [0, 0.1) is 0 Å². The summed E-state index contributed by atoms with van der Waals surface area (Å²) >= 11 is 0. The number of hydrogen-bond acceptors (Lipinski definition) is 10. The van der Waals surface area contributed by atoms with Crippen LogP contribution in [-0.2, 0) is 32.0 Å². The van der Waals surface area contributed by atoms with Gasteiger partial charge in [-0.15, -0.1) is 0 Å². The molecule has 4 aliphatic heterocycles. The van der Waals surface area contributed by atoms with Crippen molar-refractivity contribution in [2.45, 2.75) is 32.8 Å². The molecule has 4 heterocycles. The van der Waals surface area contributed by atoms with Crippen molar-refractivity contribution in [1.29, 1.82) is 0 Å². The summed E-state index contributed by atoms with van der Waals surface area (Å²) < 4.78 is 0. The van der Waals surface area contributed by atoms with E-state index in [4.69, 9.17) is 0 Å². The molecule has 4 amide bonds. The third-order valence-corrected chi connectivity index (χ3v) is 15.6. The summed E-state index contributed by atoms with van der Waals surface area (Å²) in [7, 11) is 11.7. The zero-order valence-corrected chi connectivity index (χ0v) is 28.0. The lowest BCUT2D eigenvalue weighted by molar-refractivity contribution is -0.165. The zero-order valence-electron chi connectivity index (χ0n) is 24.7. The fourth-order valence-corrected chi connectivity index (χ4v) is 12.3. The number of nitrogens with zero attached hydrogens (tertiary/aromatic N) is 4. The van der Waals surface area contributed by atoms with Gasteiger partial charge in [-0.3, -0.25) is 19.2 Å². The van der Waals surface area contributed by atoms with E-state index < -0.39 is 21.2 Å². The molecule has 0 saturated carbocycles. The van der Waals surface area contributed by atoms with Crippen LogP contribution in [0.5, 0.6) is 0 Å². The minimum absolute atomic E-state index is 0.162. The third-order valence-electron chi connectivity index (χ3n) is 8.48. The predicted molar refractivity (Wildman–Crippen MR) is 178 cm³/mol. The van der Waals surface area contributed by atoms with E-state index in [9.17, 15) is 29.4 Å². The van der Waals surface area contributed by atoms with E-state index in [-0.39, 0.29) is 29.7 Å². The Labute approximate surface area is 272 Å². The highest BCUT2D eigenvalue weighted by Gasteiger charge is 2.67. The molecule has 4 atom stereocenters. The van der Waals surface area contributed by atoms with Gasteiger partial charge in [0.15, 0.2) is 9.74 Å². The number of hydrogen-bond donors (Lipinski definition) is 2. The molecule has 4 fully saturated rings. The molecule has 0 radical (unpaired) electrons. The van der Waals surface area contributed by atoms with Crippen molar-refractivity contribution in [3.63, 3.8) is 0 Å². The number of carbonyl (C=O) groups is 4. The van der Waals surface area contributed by atoms with Crippen molar-refractivity contribution in [2.24, 2.45) is 0 Å². The average Bonchev–Trinajstić information content (AvgIpc) is 3.04. The van der Waals surface area contributed by atoms with Gasteiger partial charge < -0.3 is 29.8 Å². The molecule has 0 aromatic heterocycles. The van der Waals surface area contributed by atoms with Crippen LogP contribution >= 0.6 is 43.2 Å². The normalized spacial score (nSPS) is 28.7. The standard InChI is InChI=1S/C30H34N4O6S4/c1-31(19-37)28(25(38)32(2)24(17-35)41-42-28)15-22-11-7-20(8-12-22)5-6-21-9-13-23(14-10-21)16-29-26(39)34(4)30(18-36,44-43-29)27(40)33(29)3/h5-14,19,24,35-36H,15-18H2,1-4H3/b6-5+/t24-,28+,29+,30+/m1/s1. The summed E-state index contributed by atoms with van der Waals surface area (Å²) in [5.74, 6) is -0.688. The SMILES string of the molecule is CN1C(=O)[C@@](Cc2ccc(/C=C/c3ccc(C[C@@]45SS[C@@](CO)(C(=O)N4C)N(C)C5=O)cc3)cc2)(N(C)C=O)SS[C@@H]1CO. The minimum Gasteiger partial charge on any atom is -0.393 e. The quantitative estimate of drug-likeness (QED) is 0.221. The van der Waals surface area contributed by atoms with Crippen LogP contribution in [0.2, 0.25) is 0 Å². The van der Waals surface area contributed by atoms with Gasteiger partial charge in [0.1, 0.15) is 5.37 Å². The smallest absolute Gasteiger partial charge is 0.263 e. The lowest BCUT2D eigenvalue weighted by Crippen LogP contribution is -2.77. The number of likely N-dealkylation sites (N-methyl/N-ethyl adjacent to an activating group) is 4. The molecule has 4 saturated heterocycles. The van der Waals surface area contributed by atoms with Gasteiger partial charge in [-0.1, -0.05) is 93.1 Å². The van der Waals surface area contributed by atoms with Crippen molar-refractivity contribution in [3.8, 4) is 0 Å². The van der Waals surface area contributed by atoms with Gasteiger partial charge in [-0.2, -0.15) is 0 Å². The van der Waals surface area contributed by atoms with Crippen LogP contribution in [0.25, 0.3) is 12.2 Å². The van der Waals surface area contributed by atoms with Gasteiger partial charge in [0.25, 0.3) is 17.7 Å². The van der Waals surface area contributed by atoms with E-state index in [1.54, 1.807) is 28.2 Å². The Hall–Kier alpha value is -2.62. The molecule has 0 spiro atoms. The first-order chi connectivity index (χ1) is 21.0. The number of piperazine rings is 1. The summed E-state index contributed by atoms with van der Waals surface area (Å²) in [4.78, 5) is 53.8.